The van der Waals surface area contributed by atoms with Crippen LogP contribution in [0.1, 0.15) is 26.7 Å². The first-order chi connectivity index (χ1) is 9.47. The van der Waals surface area contributed by atoms with Crippen molar-refractivity contribution in [1.29, 1.82) is 0 Å². The molecule has 2 aromatic rings. The Morgan fingerprint density at radius 1 is 1.25 bits per heavy atom. The molecule has 0 radical (unpaired) electrons. The monoisotopic (exact) mass is 339 g/mol. The number of furan rings is 1. The summed E-state index contributed by atoms with van der Waals surface area (Å²) in [6.07, 6.45) is 0. The number of aromatic carboxylic acids is 1. The van der Waals surface area contributed by atoms with Crippen LogP contribution in [0.15, 0.2) is 39.2 Å². The van der Waals surface area contributed by atoms with Crippen molar-refractivity contribution >= 4 is 27.8 Å². The lowest BCUT2D eigenvalue weighted by atomic mass is 10.2. The van der Waals surface area contributed by atoms with E-state index >= 15 is 0 Å². The number of aromatic hydroxyl groups is 1. The van der Waals surface area contributed by atoms with Crippen molar-refractivity contribution < 1.29 is 24.2 Å². The molecular formula is C13H10BrNO5. The normalized spacial score (nSPS) is 10.2. The van der Waals surface area contributed by atoms with E-state index in [9.17, 15) is 14.7 Å². The van der Waals surface area contributed by atoms with Crippen LogP contribution in [0, 0.1) is 0 Å². The molecule has 0 fully saturated rings. The second-order valence-electron chi connectivity index (χ2n) is 3.92. The van der Waals surface area contributed by atoms with Crippen molar-refractivity contribution in [3.63, 3.8) is 0 Å². The largest absolute Gasteiger partial charge is 0.507 e. The zero-order chi connectivity index (χ0) is 14.7. The summed E-state index contributed by atoms with van der Waals surface area (Å²) in [5.74, 6) is -1.46. The minimum atomic E-state index is -1.17. The highest BCUT2D eigenvalue weighted by Crippen LogP contribution is 2.24. The lowest BCUT2D eigenvalue weighted by molar-refractivity contribution is 0.0660. The average Bonchev–Trinajstić information content (AvgIpc) is 2.88. The standard InChI is InChI=1S/C13H10BrNO5/c14-9-3-1-7(5-10(9)16)12(17)15-6-8-2-4-11(20-8)13(18)19/h1-5,16H,6H2,(H,15,17)(H,18,19). The third-order valence-corrected chi connectivity index (χ3v) is 3.17. The molecule has 0 aliphatic rings. The van der Waals surface area contributed by atoms with Crippen LogP contribution in [-0.2, 0) is 6.54 Å². The van der Waals surface area contributed by atoms with Gasteiger partial charge in [-0.25, -0.2) is 4.79 Å². The van der Waals surface area contributed by atoms with E-state index in [1.807, 2.05) is 0 Å². The molecule has 2 rings (SSSR count). The third kappa shape index (κ3) is 3.18. The molecule has 0 unspecified atom stereocenters. The van der Waals surface area contributed by atoms with Gasteiger partial charge >= 0.3 is 5.97 Å². The minimum Gasteiger partial charge on any atom is -0.507 e. The number of nitrogens with one attached hydrogen (secondary N) is 1. The van der Waals surface area contributed by atoms with Crippen molar-refractivity contribution in [2.75, 3.05) is 0 Å². The fourth-order valence-electron chi connectivity index (χ4n) is 1.51. The molecule has 6 nitrogen and oxygen atoms in total. The topological polar surface area (TPSA) is 99.8 Å². The summed E-state index contributed by atoms with van der Waals surface area (Å²) in [4.78, 5) is 22.5. The second kappa shape index (κ2) is 5.79. The Morgan fingerprint density at radius 3 is 2.60 bits per heavy atom. The molecule has 0 atom stereocenters. The number of carboxylic acid groups (broad SMARTS) is 1. The predicted octanol–water partition coefficient (Wildman–Crippen LogP) is 2.38. The van der Waals surface area contributed by atoms with Gasteiger partial charge in [-0.15, -0.1) is 0 Å². The highest BCUT2D eigenvalue weighted by atomic mass is 79.9. The first-order valence-corrected chi connectivity index (χ1v) is 6.35. The van der Waals surface area contributed by atoms with Crippen molar-refractivity contribution in [1.82, 2.24) is 5.32 Å². The highest BCUT2D eigenvalue weighted by molar-refractivity contribution is 9.10. The lowest BCUT2D eigenvalue weighted by Gasteiger charge is -2.04. The zero-order valence-corrected chi connectivity index (χ0v) is 11.7. The molecule has 1 heterocycles. The van der Waals surface area contributed by atoms with Gasteiger partial charge in [-0.3, -0.25) is 4.79 Å². The van der Waals surface area contributed by atoms with E-state index < -0.39 is 11.9 Å². The first-order valence-electron chi connectivity index (χ1n) is 5.56. The van der Waals surface area contributed by atoms with E-state index in [0.29, 0.717) is 10.2 Å². The SMILES string of the molecule is O=C(NCc1ccc(C(=O)O)o1)c1ccc(Br)c(O)c1. The maximum atomic E-state index is 11.8. The van der Waals surface area contributed by atoms with Crippen LogP contribution >= 0.6 is 15.9 Å². The molecule has 0 saturated heterocycles. The van der Waals surface area contributed by atoms with Crippen LogP contribution in [0.2, 0.25) is 0 Å². The maximum Gasteiger partial charge on any atom is 0.371 e. The molecule has 1 aromatic heterocycles. The number of amides is 1. The molecule has 3 N–H and O–H groups in total. The summed E-state index contributed by atoms with van der Waals surface area (Å²) in [6.45, 7) is 0.0585. The Kier molecular flexibility index (Phi) is 4.09. The molecular weight excluding hydrogens is 330 g/mol. The Hall–Kier alpha value is -2.28. The molecule has 7 heteroatoms. The van der Waals surface area contributed by atoms with Gasteiger partial charge in [0.15, 0.2) is 0 Å². The molecule has 20 heavy (non-hydrogen) atoms. The highest BCUT2D eigenvalue weighted by Gasteiger charge is 2.11. The van der Waals surface area contributed by atoms with Crippen LogP contribution < -0.4 is 5.32 Å². The van der Waals surface area contributed by atoms with Gasteiger partial charge in [-0.2, -0.15) is 0 Å². The Labute approximate surface area is 122 Å². The quantitative estimate of drug-likeness (QED) is 0.794. The smallest absolute Gasteiger partial charge is 0.371 e. The van der Waals surface area contributed by atoms with E-state index in [2.05, 4.69) is 21.2 Å². The summed E-state index contributed by atoms with van der Waals surface area (Å²) in [6, 6.07) is 7.21. The van der Waals surface area contributed by atoms with Gasteiger partial charge in [0.1, 0.15) is 11.5 Å². The van der Waals surface area contributed by atoms with Crippen LogP contribution in [-0.4, -0.2) is 22.1 Å². The summed E-state index contributed by atoms with van der Waals surface area (Å²) in [5, 5.41) is 20.7. The van der Waals surface area contributed by atoms with Crippen LogP contribution in [0.5, 0.6) is 5.75 Å². The lowest BCUT2D eigenvalue weighted by Crippen LogP contribution is -2.22. The van der Waals surface area contributed by atoms with Crippen molar-refractivity contribution in [2.24, 2.45) is 0 Å². The summed E-state index contributed by atoms with van der Waals surface area (Å²) in [7, 11) is 0. The van der Waals surface area contributed by atoms with E-state index in [-0.39, 0.29) is 23.6 Å². The van der Waals surface area contributed by atoms with Crippen molar-refractivity contribution in [3.8, 4) is 5.75 Å². The average molecular weight is 340 g/mol. The van der Waals surface area contributed by atoms with Gasteiger partial charge in [-0.05, 0) is 46.3 Å². The first kappa shape index (κ1) is 14.1. The molecule has 0 aliphatic heterocycles. The van der Waals surface area contributed by atoms with Gasteiger partial charge in [0.2, 0.25) is 5.76 Å². The van der Waals surface area contributed by atoms with Gasteiger partial charge in [0.05, 0.1) is 11.0 Å². The number of carbonyl (C=O) groups is 2. The Bertz CT molecular complexity index is 665. The predicted molar refractivity (Wildman–Crippen MR) is 72.6 cm³/mol. The Morgan fingerprint density at radius 2 is 2.00 bits per heavy atom. The van der Waals surface area contributed by atoms with Crippen LogP contribution in [0.25, 0.3) is 0 Å². The van der Waals surface area contributed by atoms with Crippen LogP contribution in [0.4, 0.5) is 0 Å². The summed E-state index contributed by atoms with van der Waals surface area (Å²) in [5.41, 5.74) is 0.288. The number of phenolic OH excluding ortho intramolecular Hbond substituents is 1. The molecule has 104 valence electrons. The minimum absolute atomic E-state index is 0.0381. The number of phenols is 1. The van der Waals surface area contributed by atoms with E-state index in [1.165, 1.54) is 18.2 Å². The number of halogens is 1. The van der Waals surface area contributed by atoms with Gasteiger partial charge in [0, 0.05) is 5.56 Å². The number of hydrogen-bond donors (Lipinski definition) is 3. The van der Waals surface area contributed by atoms with E-state index in [0.717, 1.165) is 0 Å². The zero-order valence-electron chi connectivity index (χ0n) is 10.1. The fraction of sp³-hybridized carbons (Fsp3) is 0.0769. The molecule has 0 saturated carbocycles. The van der Waals surface area contributed by atoms with Gasteiger partial charge < -0.3 is 19.9 Å². The molecule has 0 spiro atoms. The second-order valence-corrected chi connectivity index (χ2v) is 4.77. The van der Waals surface area contributed by atoms with E-state index in [4.69, 9.17) is 9.52 Å². The van der Waals surface area contributed by atoms with Crippen LogP contribution in [0.3, 0.4) is 0 Å². The summed E-state index contributed by atoms with van der Waals surface area (Å²) < 4.78 is 5.49. The fourth-order valence-corrected chi connectivity index (χ4v) is 1.76. The van der Waals surface area contributed by atoms with Gasteiger partial charge in [-0.1, -0.05) is 0 Å². The molecule has 0 aliphatic carbocycles. The van der Waals surface area contributed by atoms with Gasteiger partial charge in [0.25, 0.3) is 5.91 Å². The van der Waals surface area contributed by atoms with Crippen molar-refractivity contribution in [3.05, 3.63) is 51.9 Å². The third-order valence-electron chi connectivity index (χ3n) is 2.50. The Balaban J connectivity index is 2.00. The molecule has 1 amide bonds. The van der Waals surface area contributed by atoms with E-state index in [1.54, 1.807) is 12.1 Å². The van der Waals surface area contributed by atoms with Crippen molar-refractivity contribution in [2.45, 2.75) is 6.54 Å². The number of hydrogen-bond acceptors (Lipinski definition) is 4. The molecule has 1 aromatic carbocycles. The number of carbonyl (C=O) groups excluding carboxylic acids is 1. The number of carboxylic acids is 1. The molecule has 0 bridgehead atoms. The number of rotatable bonds is 4. The summed E-state index contributed by atoms with van der Waals surface area (Å²) >= 11 is 3.12. The number of benzene rings is 1. The maximum absolute atomic E-state index is 11.8.